The first-order valence-corrected chi connectivity index (χ1v) is 16.6. The van der Waals surface area contributed by atoms with E-state index < -0.39 is 56.7 Å². The van der Waals surface area contributed by atoms with Gasteiger partial charge < -0.3 is 4.74 Å². The van der Waals surface area contributed by atoms with Crippen LogP contribution in [0.2, 0.25) is 0 Å². The van der Waals surface area contributed by atoms with E-state index in [1.54, 1.807) is 34.6 Å². The molecular formula is C42H40F6O5. The standard InChI is InChI=1S/C42H40F6O5/c1-25(49)27-12-14-28(15-13-27)35(51)37(3,4)39(7,38(5,6)36(52)30-11-9-10-29(24-30)26(2)50)31-16-18-32(19-17-31)40(41(43,44)45,42(46,47)48)33-20-22-34(53-8)23-21-33/h9-24H,1-8H3. The van der Waals surface area contributed by atoms with Crippen molar-refractivity contribution in [2.24, 2.45) is 10.8 Å². The fourth-order valence-corrected chi connectivity index (χ4v) is 7.29. The van der Waals surface area contributed by atoms with Crippen LogP contribution in [0.5, 0.6) is 5.75 Å². The number of ketones is 4. The van der Waals surface area contributed by atoms with Gasteiger partial charge in [0.25, 0.3) is 0 Å². The predicted octanol–water partition coefficient (Wildman–Crippen LogP) is 10.6. The van der Waals surface area contributed by atoms with Gasteiger partial charge in [-0.2, -0.15) is 26.3 Å². The maximum absolute atomic E-state index is 15.0. The Labute approximate surface area is 304 Å². The zero-order valence-corrected chi connectivity index (χ0v) is 30.5. The summed E-state index contributed by atoms with van der Waals surface area (Å²) in [6.45, 7) is 10.5. The van der Waals surface area contributed by atoms with Gasteiger partial charge in [-0.15, -0.1) is 0 Å². The second-order valence-electron chi connectivity index (χ2n) is 14.4. The van der Waals surface area contributed by atoms with E-state index in [9.17, 15) is 19.2 Å². The third kappa shape index (κ3) is 6.70. The molecule has 4 aromatic rings. The predicted molar refractivity (Wildman–Crippen MR) is 189 cm³/mol. The van der Waals surface area contributed by atoms with E-state index in [4.69, 9.17) is 4.74 Å². The van der Waals surface area contributed by atoms with E-state index in [0.29, 0.717) is 17.7 Å². The normalized spacial score (nSPS) is 13.9. The number of benzene rings is 4. The summed E-state index contributed by atoms with van der Waals surface area (Å²) in [5.41, 5.74) is -10.5. The van der Waals surface area contributed by atoms with Crippen LogP contribution < -0.4 is 4.74 Å². The smallest absolute Gasteiger partial charge is 0.411 e. The van der Waals surface area contributed by atoms with Crippen molar-refractivity contribution in [3.63, 3.8) is 0 Å². The largest absolute Gasteiger partial charge is 0.497 e. The Bertz CT molecular complexity index is 2010. The van der Waals surface area contributed by atoms with Gasteiger partial charge in [0.1, 0.15) is 5.75 Å². The van der Waals surface area contributed by atoms with Crippen molar-refractivity contribution in [3.05, 3.63) is 136 Å². The summed E-state index contributed by atoms with van der Waals surface area (Å²) in [4.78, 5) is 53.2. The highest BCUT2D eigenvalue weighted by atomic mass is 19.4. The van der Waals surface area contributed by atoms with Crippen LogP contribution in [0.4, 0.5) is 26.3 Å². The Morgan fingerprint density at radius 2 is 0.868 bits per heavy atom. The maximum atomic E-state index is 15.0. The topological polar surface area (TPSA) is 77.5 Å². The van der Waals surface area contributed by atoms with E-state index in [1.807, 2.05) is 0 Å². The van der Waals surface area contributed by atoms with Gasteiger partial charge in [-0.05, 0) is 48.7 Å². The highest BCUT2D eigenvalue weighted by molar-refractivity contribution is 6.06. The van der Waals surface area contributed by atoms with Crippen molar-refractivity contribution in [1.29, 1.82) is 0 Å². The molecule has 0 N–H and O–H groups in total. The van der Waals surface area contributed by atoms with E-state index in [0.717, 1.165) is 36.4 Å². The van der Waals surface area contributed by atoms with Crippen molar-refractivity contribution in [3.8, 4) is 5.75 Å². The Kier molecular flexibility index (Phi) is 10.8. The lowest BCUT2D eigenvalue weighted by molar-refractivity contribution is -0.288. The molecule has 53 heavy (non-hydrogen) atoms. The Morgan fingerprint density at radius 3 is 1.28 bits per heavy atom. The second kappa shape index (κ2) is 14.1. The summed E-state index contributed by atoms with van der Waals surface area (Å²) in [6, 6.07) is 18.9. The monoisotopic (exact) mass is 738 g/mol. The number of methoxy groups -OCH3 is 1. The molecule has 0 radical (unpaired) electrons. The fourth-order valence-electron chi connectivity index (χ4n) is 7.29. The molecule has 1 unspecified atom stereocenters. The van der Waals surface area contributed by atoms with Gasteiger partial charge in [0.05, 0.1) is 7.11 Å². The van der Waals surface area contributed by atoms with Gasteiger partial charge in [0, 0.05) is 38.5 Å². The molecule has 5 nitrogen and oxygen atoms in total. The number of halogens is 6. The highest BCUT2D eigenvalue weighted by Gasteiger charge is 2.72. The molecule has 4 aromatic carbocycles. The van der Waals surface area contributed by atoms with Gasteiger partial charge in [0.2, 0.25) is 5.41 Å². The minimum atomic E-state index is -5.86. The number of ether oxygens (including phenoxy) is 1. The summed E-state index contributed by atoms with van der Waals surface area (Å²) < 4.78 is 95.0. The van der Waals surface area contributed by atoms with Crippen LogP contribution in [-0.2, 0) is 10.8 Å². The number of Topliss-reactive ketones (excluding diaryl/α,β-unsaturated/α-hetero) is 4. The third-order valence-electron chi connectivity index (χ3n) is 11.0. The van der Waals surface area contributed by atoms with Crippen LogP contribution in [0, 0.1) is 10.8 Å². The summed E-state index contributed by atoms with van der Waals surface area (Å²) in [6.07, 6.45) is -11.7. The zero-order valence-electron chi connectivity index (χ0n) is 30.5. The quantitative estimate of drug-likeness (QED) is 0.107. The third-order valence-corrected chi connectivity index (χ3v) is 11.0. The molecule has 0 amide bonds. The molecule has 0 aliphatic heterocycles. The van der Waals surface area contributed by atoms with Crippen molar-refractivity contribution in [2.45, 2.75) is 71.6 Å². The van der Waals surface area contributed by atoms with Crippen LogP contribution in [0.3, 0.4) is 0 Å². The minimum Gasteiger partial charge on any atom is -0.497 e. The lowest BCUT2D eigenvalue weighted by atomic mass is 9.48. The van der Waals surface area contributed by atoms with Crippen LogP contribution in [0.15, 0.2) is 97.1 Å². The lowest BCUT2D eigenvalue weighted by Gasteiger charge is -2.53. The molecule has 0 saturated carbocycles. The number of hydrogen-bond acceptors (Lipinski definition) is 5. The number of rotatable bonds is 12. The average Bonchev–Trinajstić information content (AvgIpc) is 3.10. The van der Waals surface area contributed by atoms with E-state index >= 15 is 26.3 Å². The van der Waals surface area contributed by atoms with E-state index in [-0.39, 0.29) is 39.6 Å². The molecule has 11 heteroatoms. The average molecular weight is 739 g/mol. The highest BCUT2D eigenvalue weighted by Crippen LogP contribution is 2.59. The summed E-state index contributed by atoms with van der Waals surface area (Å²) in [5, 5.41) is 0. The molecule has 0 aliphatic carbocycles. The fraction of sp³-hybridized carbons (Fsp3) is 0.333. The first kappa shape index (κ1) is 40.7. The van der Waals surface area contributed by atoms with Gasteiger partial charge in [-0.1, -0.05) is 113 Å². The second-order valence-corrected chi connectivity index (χ2v) is 14.4. The number of carbonyl (C=O) groups is 4. The molecular weight excluding hydrogens is 698 g/mol. The Morgan fingerprint density at radius 1 is 0.491 bits per heavy atom. The van der Waals surface area contributed by atoms with Crippen LogP contribution in [0.25, 0.3) is 0 Å². The maximum Gasteiger partial charge on any atom is 0.411 e. The van der Waals surface area contributed by atoms with Crippen molar-refractivity contribution >= 4 is 23.1 Å². The Hall–Kier alpha value is -5.06. The lowest BCUT2D eigenvalue weighted by Crippen LogP contribution is -2.57. The van der Waals surface area contributed by atoms with Gasteiger partial charge in [0.15, 0.2) is 23.1 Å². The molecule has 0 aromatic heterocycles. The Balaban J connectivity index is 2.02. The molecule has 280 valence electrons. The van der Waals surface area contributed by atoms with Crippen LogP contribution >= 0.6 is 0 Å². The molecule has 4 rings (SSSR count). The number of carbonyl (C=O) groups excluding carboxylic acids is 4. The van der Waals surface area contributed by atoms with Crippen molar-refractivity contribution in [2.75, 3.05) is 7.11 Å². The van der Waals surface area contributed by atoms with Crippen molar-refractivity contribution < 1.29 is 50.3 Å². The van der Waals surface area contributed by atoms with Crippen LogP contribution in [0.1, 0.15) is 107 Å². The van der Waals surface area contributed by atoms with E-state index in [2.05, 4.69) is 0 Å². The molecule has 0 saturated heterocycles. The van der Waals surface area contributed by atoms with Crippen molar-refractivity contribution in [1.82, 2.24) is 0 Å². The first-order valence-electron chi connectivity index (χ1n) is 16.6. The number of alkyl halides is 6. The zero-order chi connectivity index (χ0) is 39.9. The SMILES string of the molecule is COc1ccc(C(c2ccc(C(C)(C(C)(C)C(=O)c3ccc(C(C)=O)cc3)C(C)(C)C(=O)c3cccc(C(C)=O)c3)cc2)(C(F)(F)F)C(F)(F)F)cc1. The molecule has 0 spiro atoms. The minimum absolute atomic E-state index is 0.0571. The molecule has 1 atom stereocenters. The molecule has 0 bridgehead atoms. The number of hydrogen-bond donors (Lipinski definition) is 0. The molecule has 0 heterocycles. The molecule has 0 fully saturated rings. The van der Waals surface area contributed by atoms with E-state index in [1.165, 1.54) is 69.5 Å². The summed E-state index contributed by atoms with van der Waals surface area (Å²) >= 11 is 0. The van der Waals surface area contributed by atoms with Gasteiger partial charge in [-0.25, -0.2) is 0 Å². The van der Waals surface area contributed by atoms with Gasteiger partial charge in [-0.3, -0.25) is 19.2 Å². The summed E-state index contributed by atoms with van der Waals surface area (Å²) in [7, 11) is 1.23. The first-order chi connectivity index (χ1) is 24.4. The molecule has 0 aliphatic rings. The van der Waals surface area contributed by atoms with Crippen LogP contribution in [-0.4, -0.2) is 42.6 Å². The summed E-state index contributed by atoms with van der Waals surface area (Å²) in [5.74, 6) is -1.53. The van der Waals surface area contributed by atoms with Gasteiger partial charge >= 0.3 is 12.4 Å².